The van der Waals surface area contributed by atoms with Crippen molar-refractivity contribution in [3.05, 3.63) is 52.5 Å². The van der Waals surface area contributed by atoms with Crippen LogP contribution in [0.2, 0.25) is 0 Å². The Morgan fingerprint density at radius 3 is 2.75 bits per heavy atom. The second-order valence-corrected chi connectivity index (χ2v) is 8.10. The fourth-order valence-electron chi connectivity index (χ4n) is 4.62. The molecule has 0 unspecified atom stereocenters. The molecule has 1 saturated heterocycles. The Bertz CT molecular complexity index is 1030. The van der Waals surface area contributed by atoms with E-state index < -0.39 is 0 Å². The first-order valence-corrected chi connectivity index (χ1v) is 10.0. The Morgan fingerprint density at radius 2 is 1.93 bits per heavy atom. The van der Waals surface area contributed by atoms with Gasteiger partial charge in [-0.3, -0.25) is 4.90 Å². The Hall–Kier alpha value is -2.38. The lowest BCUT2D eigenvalue weighted by molar-refractivity contribution is -0.102. The van der Waals surface area contributed by atoms with Crippen LogP contribution in [0.15, 0.2) is 18.5 Å². The second-order valence-electron chi connectivity index (χ2n) is 8.10. The van der Waals surface area contributed by atoms with Gasteiger partial charge in [0.05, 0.1) is 18.5 Å². The molecule has 0 aliphatic carbocycles. The van der Waals surface area contributed by atoms with Gasteiger partial charge in [-0.1, -0.05) is 0 Å². The SMILES string of the molecule is Cc1cc(C)n2ncc(CN3CCC4(CC3)OCCc3cnc(C)nc34)c2n1. The number of hydrogen-bond donors (Lipinski definition) is 0. The van der Waals surface area contributed by atoms with Crippen molar-refractivity contribution in [1.82, 2.24) is 29.5 Å². The van der Waals surface area contributed by atoms with Crippen LogP contribution in [0, 0.1) is 20.8 Å². The normalized spacial score (nSPS) is 19.2. The maximum absolute atomic E-state index is 6.33. The Balaban J connectivity index is 1.36. The summed E-state index contributed by atoms with van der Waals surface area (Å²) < 4.78 is 8.27. The Kier molecular flexibility index (Phi) is 4.17. The van der Waals surface area contributed by atoms with E-state index in [1.54, 1.807) is 0 Å². The summed E-state index contributed by atoms with van der Waals surface area (Å²) in [5.74, 6) is 0.828. The standard InChI is InChI=1S/C21H26N6O/c1-14-10-15(2)27-20(24-14)18(12-23-27)13-26-7-5-21(6-8-26)19-17(4-9-28-21)11-22-16(3)25-19/h10-12H,4-9,13H2,1-3H3. The largest absolute Gasteiger partial charge is 0.368 e. The van der Waals surface area contributed by atoms with Crippen molar-refractivity contribution >= 4 is 5.65 Å². The summed E-state index contributed by atoms with van der Waals surface area (Å²) in [6.07, 6.45) is 6.78. The van der Waals surface area contributed by atoms with Gasteiger partial charge in [-0.05, 0) is 51.7 Å². The highest BCUT2D eigenvalue weighted by atomic mass is 16.5. The number of hydrogen-bond acceptors (Lipinski definition) is 6. The molecule has 0 radical (unpaired) electrons. The van der Waals surface area contributed by atoms with E-state index in [4.69, 9.17) is 14.7 Å². The molecule has 0 bridgehead atoms. The number of ether oxygens (including phenoxy) is 1. The van der Waals surface area contributed by atoms with Crippen molar-refractivity contribution in [1.29, 1.82) is 0 Å². The molecule has 3 aromatic rings. The number of piperidine rings is 1. The first-order valence-electron chi connectivity index (χ1n) is 10.0. The molecule has 0 aromatic carbocycles. The van der Waals surface area contributed by atoms with Crippen LogP contribution in [-0.2, 0) is 23.3 Å². The molecule has 3 aromatic heterocycles. The molecule has 0 N–H and O–H groups in total. The van der Waals surface area contributed by atoms with Gasteiger partial charge in [-0.25, -0.2) is 19.5 Å². The number of likely N-dealkylation sites (tertiary alicyclic amines) is 1. The Morgan fingerprint density at radius 1 is 1.11 bits per heavy atom. The molecule has 2 aliphatic rings. The third-order valence-corrected chi connectivity index (χ3v) is 6.07. The first-order chi connectivity index (χ1) is 13.5. The van der Waals surface area contributed by atoms with Crippen molar-refractivity contribution in [2.45, 2.75) is 52.2 Å². The molecular weight excluding hydrogens is 352 g/mol. The van der Waals surface area contributed by atoms with Crippen LogP contribution < -0.4 is 0 Å². The van der Waals surface area contributed by atoms with Crippen LogP contribution in [-0.4, -0.2) is 49.2 Å². The van der Waals surface area contributed by atoms with Gasteiger partial charge in [-0.2, -0.15) is 5.10 Å². The summed E-state index contributed by atoms with van der Waals surface area (Å²) in [6, 6.07) is 2.07. The average molecular weight is 378 g/mol. The van der Waals surface area contributed by atoms with Crippen LogP contribution >= 0.6 is 0 Å². The second kappa shape index (κ2) is 6.60. The highest BCUT2D eigenvalue weighted by Gasteiger charge is 2.42. The van der Waals surface area contributed by atoms with Crippen LogP contribution in [0.4, 0.5) is 0 Å². The minimum Gasteiger partial charge on any atom is -0.368 e. The zero-order valence-corrected chi connectivity index (χ0v) is 16.8. The number of nitrogens with zero attached hydrogens (tertiary/aromatic N) is 6. The molecule has 2 aliphatic heterocycles. The van der Waals surface area contributed by atoms with E-state index in [9.17, 15) is 0 Å². The van der Waals surface area contributed by atoms with Crippen molar-refractivity contribution in [2.24, 2.45) is 0 Å². The molecule has 146 valence electrons. The summed E-state index contributed by atoms with van der Waals surface area (Å²) in [7, 11) is 0. The fraction of sp³-hybridized carbons (Fsp3) is 0.524. The van der Waals surface area contributed by atoms with E-state index in [0.717, 1.165) is 74.1 Å². The molecule has 0 atom stereocenters. The zero-order chi connectivity index (χ0) is 19.3. The average Bonchev–Trinajstić information content (AvgIpc) is 3.07. The number of rotatable bonds is 2. The van der Waals surface area contributed by atoms with Gasteiger partial charge in [0.15, 0.2) is 5.65 Å². The topological polar surface area (TPSA) is 68.4 Å². The van der Waals surface area contributed by atoms with E-state index in [1.807, 2.05) is 30.8 Å². The van der Waals surface area contributed by atoms with Gasteiger partial charge in [0.2, 0.25) is 0 Å². The highest BCUT2D eigenvalue weighted by Crippen LogP contribution is 2.40. The van der Waals surface area contributed by atoms with Crippen LogP contribution in [0.1, 0.15) is 46.9 Å². The van der Waals surface area contributed by atoms with Gasteiger partial charge >= 0.3 is 0 Å². The van der Waals surface area contributed by atoms with E-state index >= 15 is 0 Å². The molecular formula is C21H26N6O. The summed E-state index contributed by atoms with van der Waals surface area (Å²) >= 11 is 0. The predicted octanol–water partition coefficient (Wildman–Crippen LogP) is 2.51. The Labute approximate surface area is 164 Å². The molecule has 5 heterocycles. The molecule has 5 rings (SSSR count). The quantitative estimate of drug-likeness (QED) is 0.683. The first kappa shape index (κ1) is 17.7. The molecule has 7 heteroatoms. The molecule has 1 spiro atoms. The van der Waals surface area contributed by atoms with Gasteiger partial charge < -0.3 is 4.74 Å². The minimum atomic E-state index is -0.246. The van der Waals surface area contributed by atoms with E-state index in [-0.39, 0.29) is 5.60 Å². The smallest absolute Gasteiger partial charge is 0.159 e. The molecule has 28 heavy (non-hydrogen) atoms. The van der Waals surface area contributed by atoms with E-state index in [0.29, 0.717) is 0 Å². The fourth-order valence-corrected chi connectivity index (χ4v) is 4.62. The minimum absolute atomic E-state index is 0.246. The lowest BCUT2D eigenvalue weighted by atomic mass is 9.83. The van der Waals surface area contributed by atoms with Crippen LogP contribution in [0.3, 0.4) is 0 Å². The zero-order valence-electron chi connectivity index (χ0n) is 16.8. The molecule has 7 nitrogen and oxygen atoms in total. The van der Waals surface area contributed by atoms with E-state index in [1.165, 1.54) is 11.1 Å². The number of aryl methyl sites for hydroxylation is 3. The van der Waals surface area contributed by atoms with Gasteiger partial charge in [0.1, 0.15) is 11.4 Å². The van der Waals surface area contributed by atoms with Gasteiger partial charge in [0, 0.05) is 42.8 Å². The summed E-state index contributed by atoms with van der Waals surface area (Å²) in [6.45, 7) is 9.65. The number of fused-ring (bicyclic) bond motifs is 3. The van der Waals surface area contributed by atoms with Crippen molar-refractivity contribution in [2.75, 3.05) is 19.7 Å². The lowest BCUT2D eigenvalue weighted by Crippen LogP contribution is -2.47. The van der Waals surface area contributed by atoms with Gasteiger partial charge in [0.25, 0.3) is 0 Å². The van der Waals surface area contributed by atoms with E-state index in [2.05, 4.69) is 28.0 Å². The predicted molar refractivity (Wildman–Crippen MR) is 105 cm³/mol. The maximum atomic E-state index is 6.33. The van der Waals surface area contributed by atoms with Crippen molar-refractivity contribution in [3.8, 4) is 0 Å². The molecule has 0 saturated carbocycles. The third kappa shape index (κ3) is 2.89. The summed E-state index contributed by atoms with van der Waals surface area (Å²) in [5, 5.41) is 4.53. The summed E-state index contributed by atoms with van der Waals surface area (Å²) in [5.41, 5.74) is 6.44. The molecule has 1 fully saturated rings. The third-order valence-electron chi connectivity index (χ3n) is 6.07. The van der Waals surface area contributed by atoms with Crippen molar-refractivity contribution < 1.29 is 4.74 Å². The van der Waals surface area contributed by atoms with Crippen molar-refractivity contribution in [3.63, 3.8) is 0 Å². The van der Waals surface area contributed by atoms with Crippen LogP contribution in [0.25, 0.3) is 5.65 Å². The summed E-state index contributed by atoms with van der Waals surface area (Å²) in [4.78, 5) is 16.4. The van der Waals surface area contributed by atoms with Gasteiger partial charge in [-0.15, -0.1) is 0 Å². The highest BCUT2D eigenvalue weighted by molar-refractivity contribution is 5.47. The maximum Gasteiger partial charge on any atom is 0.159 e. The number of aromatic nitrogens is 5. The van der Waals surface area contributed by atoms with Crippen LogP contribution in [0.5, 0.6) is 0 Å². The molecule has 0 amide bonds. The monoisotopic (exact) mass is 378 g/mol. The lowest BCUT2D eigenvalue weighted by Gasteiger charge is -2.44.